The maximum atomic E-state index is 12.9. The fourth-order valence-electron chi connectivity index (χ4n) is 2.71. The van der Waals surface area contributed by atoms with E-state index in [-0.39, 0.29) is 23.8 Å². The predicted molar refractivity (Wildman–Crippen MR) is 107 cm³/mol. The largest absolute Gasteiger partial charge is 0.446 e. The van der Waals surface area contributed by atoms with Gasteiger partial charge in [-0.3, -0.25) is 9.59 Å². The Labute approximate surface area is 168 Å². The average molecular weight is 401 g/mol. The number of esters is 1. The average Bonchev–Trinajstić information content (AvgIpc) is 3.31. The van der Waals surface area contributed by atoms with Gasteiger partial charge in [-0.25, -0.2) is 4.79 Å². The van der Waals surface area contributed by atoms with E-state index in [2.05, 4.69) is 10.6 Å². The second-order valence-corrected chi connectivity index (χ2v) is 8.13. The minimum absolute atomic E-state index is 0.150. The smallest absolute Gasteiger partial charge is 0.330 e. The number of hydrogen-bond donors (Lipinski definition) is 2. The van der Waals surface area contributed by atoms with Gasteiger partial charge in [0.25, 0.3) is 11.8 Å². The van der Waals surface area contributed by atoms with E-state index >= 15 is 0 Å². The predicted octanol–water partition coefficient (Wildman–Crippen LogP) is 3.07. The van der Waals surface area contributed by atoms with E-state index in [1.807, 2.05) is 19.9 Å². The van der Waals surface area contributed by atoms with Crippen LogP contribution in [0, 0.1) is 5.92 Å². The number of nitrogens with one attached hydrogen (secondary N) is 2. The Bertz CT molecular complexity index is 816. The molecule has 28 heavy (non-hydrogen) atoms. The normalized spacial score (nSPS) is 15.5. The van der Waals surface area contributed by atoms with Crippen LogP contribution in [0.5, 0.6) is 0 Å². The SMILES string of the molecule is CC(C)[C@H](NC(=O)c1cccs1)C(=O)O[C@H](C(=O)NC1CC1)c1ccccc1. The lowest BCUT2D eigenvalue weighted by molar-refractivity contribution is -0.159. The van der Waals surface area contributed by atoms with Crippen molar-refractivity contribution in [1.29, 1.82) is 0 Å². The molecule has 0 bridgehead atoms. The van der Waals surface area contributed by atoms with Crippen LogP contribution in [0.1, 0.15) is 48.0 Å². The van der Waals surface area contributed by atoms with Crippen molar-refractivity contribution >= 4 is 29.1 Å². The van der Waals surface area contributed by atoms with Crippen LogP contribution in [-0.4, -0.2) is 29.9 Å². The lowest BCUT2D eigenvalue weighted by atomic mass is 10.0. The zero-order valence-electron chi connectivity index (χ0n) is 15.9. The summed E-state index contributed by atoms with van der Waals surface area (Å²) in [4.78, 5) is 38.4. The Kier molecular flexibility index (Phi) is 6.46. The molecule has 2 aromatic rings. The van der Waals surface area contributed by atoms with E-state index in [9.17, 15) is 14.4 Å². The highest BCUT2D eigenvalue weighted by molar-refractivity contribution is 7.12. The van der Waals surface area contributed by atoms with Gasteiger partial charge in [0.05, 0.1) is 4.88 Å². The first-order chi connectivity index (χ1) is 13.5. The van der Waals surface area contributed by atoms with Crippen molar-refractivity contribution in [3.8, 4) is 0 Å². The summed E-state index contributed by atoms with van der Waals surface area (Å²) in [5.41, 5.74) is 0.598. The lowest BCUT2D eigenvalue weighted by Crippen LogP contribution is -2.46. The van der Waals surface area contributed by atoms with Crippen molar-refractivity contribution in [1.82, 2.24) is 10.6 Å². The molecule has 0 saturated heterocycles. The quantitative estimate of drug-likeness (QED) is 0.667. The molecule has 1 heterocycles. The van der Waals surface area contributed by atoms with E-state index < -0.39 is 18.1 Å². The van der Waals surface area contributed by atoms with Gasteiger partial charge in [-0.2, -0.15) is 0 Å². The van der Waals surface area contributed by atoms with Gasteiger partial charge in [0.2, 0.25) is 6.10 Å². The van der Waals surface area contributed by atoms with Crippen LogP contribution >= 0.6 is 11.3 Å². The number of thiophene rings is 1. The maximum absolute atomic E-state index is 12.9. The summed E-state index contributed by atoms with van der Waals surface area (Å²) in [5, 5.41) is 7.42. The second kappa shape index (κ2) is 9.01. The molecule has 1 aromatic carbocycles. The van der Waals surface area contributed by atoms with Gasteiger partial charge >= 0.3 is 5.97 Å². The number of rotatable bonds is 8. The number of hydrogen-bond acceptors (Lipinski definition) is 5. The second-order valence-electron chi connectivity index (χ2n) is 7.18. The zero-order valence-corrected chi connectivity index (χ0v) is 16.7. The molecular weight excluding hydrogens is 376 g/mol. The number of amides is 2. The number of benzene rings is 1. The molecule has 2 atom stereocenters. The molecule has 148 valence electrons. The van der Waals surface area contributed by atoms with Crippen molar-refractivity contribution in [3.63, 3.8) is 0 Å². The Morgan fingerprint density at radius 2 is 1.79 bits per heavy atom. The first-order valence-electron chi connectivity index (χ1n) is 9.36. The summed E-state index contributed by atoms with van der Waals surface area (Å²) >= 11 is 1.30. The van der Waals surface area contributed by atoms with E-state index in [0.717, 1.165) is 12.8 Å². The number of carbonyl (C=O) groups excluding carboxylic acids is 3. The van der Waals surface area contributed by atoms with Crippen LogP contribution in [0.15, 0.2) is 47.8 Å². The summed E-state index contributed by atoms with van der Waals surface area (Å²) in [7, 11) is 0. The monoisotopic (exact) mass is 400 g/mol. The van der Waals surface area contributed by atoms with Crippen molar-refractivity contribution in [2.24, 2.45) is 5.92 Å². The Balaban J connectivity index is 1.74. The van der Waals surface area contributed by atoms with Gasteiger partial charge in [-0.15, -0.1) is 11.3 Å². The maximum Gasteiger partial charge on any atom is 0.330 e. The molecule has 2 amide bonds. The van der Waals surface area contributed by atoms with Gasteiger partial charge in [-0.1, -0.05) is 50.2 Å². The molecule has 0 spiro atoms. The first-order valence-corrected chi connectivity index (χ1v) is 10.2. The van der Waals surface area contributed by atoms with Gasteiger partial charge in [0.15, 0.2) is 0 Å². The molecule has 1 aromatic heterocycles. The van der Waals surface area contributed by atoms with Gasteiger partial charge < -0.3 is 15.4 Å². The molecule has 6 nitrogen and oxygen atoms in total. The zero-order chi connectivity index (χ0) is 20.1. The standard InChI is InChI=1S/C21H24N2O4S/c1-13(2)17(23-19(24)16-9-6-12-28-16)21(26)27-18(14-7-4-3-5-8-14)20(25)22-15-10-11-15/h3-9,12-13,15,17-18H,10-11H2,1-2H3,(H,22,25)(H,23,24)/t17-,18-/m0/s1. The fourth-order valence-corrected chi connectivity index (χ4v) is 3.34. The van der Waals surface area contributed by atoms with Crippen LogP contribution in [0.3, 0.4) is 0 Å². The third kappa shape index (κ3) is 5.19. The van der Waals surface area contributed by atoms with Gasteiger partial charge in [0.1, 0.15) is 6.04 Å². The molecule has 3 rings (SSSR count). The third-order valence-electron chi connectivity index (χ3n) is 4.45. The Morgan fingerprint density at radius 3 is 2.36 bits per heavy atom. The van der Waals surface area contributed by atoms with Crippen LogP contribution in [0.4, 0.5) is 0 Å². The molecular formula is C21H24N2O4S. The topological polar surface area (TPSA) is 84.5 Å². The van der Waals surface area contributed by atoms with E-state index in [1.165, 1.54) is 11.3 Å². The van der Waals surface area contributed by atoms with Crippen molar-refractivity contribution in [3.05, 3.63) is 58.3 Å². The molecule has 0 radical (unpaired) electrons. The first kappa shape index (κ1) is 20.1. The minimum atomic E-state index is -1.05. The number of carbonyl (C=O) groups is 3. The summed E-state index contributed by atoms with van der Waals surface area (Å²) < 4.78 is 5.61. The van der Waals surface area contributed by atoms with Crippen LogP contribution in [0.25, 0.3) is 0 Å². The van der Waals surface area contributed by atoms with Crippen molar-refractivity contribution in [2.45, 2.75) is 44.9 Å². The van der Waals surface area contributed by atoms with Crippen LogP contribution in [0.2, 0.25) is 0 Å². The third-order valence-corrected chi connectivity index (χ3v) is 5.32. The number of ether oxygens (including phenoxy) is 1. The van der Waals surface area contributed by atoms with Crippen molar-refractivity contribution < 1.29 is 19.1 Å². The summed E-state index contributed by atoms with van der Waals surface area (Å²) in [6.07, 6.45) is 0.827. The van der Waals surface area contributed by atoms with E-state index in [4.69, 9.17) is 4.74 Å². The molecule has 7 heteroatoms. The minimum Gasteiger partial charge on any atom is -0.446 e. The van der Waals surface area contributed by atoms with Gasteiger partial charge in [-0.05, 0) is 30.2 Å². The molecule has 0 unspecified atom stereocenters. The Hall–Kier alpha value is -2.67. The molecule has 1 aliphatic carbocycles. The van der Waals surface area contributed by atoms with Crippen molar-refractivity contribution in [2.75, 3.05) is 0 Å². The highest BCUT2D eigenvalue weighted by Gasteiger charge is 2.34. The summed E-state index contributed by atoms with van der Waals surface area (Å²) in [5.74, 6) is -1.49. The lowest BCUT2D eigenvalue weighted by Gasteiger charge is -2.24. The molecule has 2 N–H and O–H groups in total. The molecule has 1 fully saturated rings. The van der Waals surface area contributed by atoms with E-state index in [1.54, 1.807) is 41.8 Å². The molecule has 0 aliphatic heterocycles. The van der Waals surface area contributed by atoms with Gasteiger partial charge in [0, 0.05) is 11.6 Å². The van der Waals surface area contributed by atoms with E-state index in [0.29, 0.717) is 10.4 Å². The Morgan fingerprint density at radius 1 is 1.07 bits per heavy atom. The molecule has 1 saturated carbocycles. The van der Waals surface area contributed by atoms with Crippen LogP contribution in [-0.2, 0) is 14.3 Å². The summed E-state index contributed by atoms with van der Waals surface area (Å²) in [6, 6.07) is 11.7. The summed E-state index contributed by atoms with van der Waals surface area (Å²) in [6.45, 7) is 3.64. The highest BCUT2D eigenvalue weighted by atomic mass is 32.1. The molecule has 1 aliphatic rings. The fraction of sp³-hybridized carbons (Fsp3) is 0.381. The van der Waals surface area contributed by atoms with Crippen LogP contribution < -0.4 is 10.6 Å². The highest BCUT2D eigenvalue weighted by Crippen LogP contribution is 2.24.